The van der Waals surface area contributed by atoms with Crippen LogP contribution >= 0.6 is 0 Å². The van der Waals surface area contributed by atoms with Crippen LogP contribution in [-0.4, -0.2) is 60.0 Å². The van der Waals surface area contributed by atoms with Crippen LogP contribution < -0.4 is 10.2 Å². The number of para-hydroxylation sites is 1. The maximum atomic E-state index is 12.1. The molecule has 0 bridgehead atoms. The Labute approximate surface area is 151 Å². The maximum absolute atomic E-state index is 12.1. The van der Waals surface area contributed by atoms with Gasteiger partial charge in [-0.05, 0) is 25.1 Å². The minimum Gasteiger partial charge on any atom is -0.462 e. The number of piperazine rings is 1. The minimum absolute atomic E-state index is 0.317. The van der Waals surface area contributed by atoms with Crippen LogP contribution in [0.3, 0.4) is 0 Å². The highest BCUT2D eigenvalue weighted by molar-refractivity contribution is 5.96. The molecule has 26 heavy (non-hydrogen) atoms. The number of ether oxygens (including phenoxy) is 1. The molecule has 0 aliphatic carbocycles. The van der Waals surface area contributed by atoms with Gasteiger partial charge in [0.05, 0.1) is 17.9 Å². The Morgan fingerprint density at radius 3 is 2.73 bits per heavy atom. The number of rotatable bonds is 6. The lowest BCUT2D eigenvalue weighted by Gasteiger charge is -2.32. The summed E-state index contributed by atoms with van der Waals surface area (Å²) in [7, 11) is 0. The average molecular weight is 355 g/mol. The van der Waals surface area contributed by atoms with Crippen molar-refractivity contribution in [1.29, 1.82) is 0 Å². The zero-order valence-electron chi connectivity index (χ0n) is 14.6. The fourth-order valence-corrected chi connectivity index (χ4v) is 2.71. The monoisotopic (exact) mass is 355 g/mol. The zero-order valence-corrected chi connectivity index (χ0v) is 14.6. The van der Waals surface area contributed by atoms with Gasteiger partial charge in [-0.15, -0.1) is 0 Å². The Morgan fingerprint density at radius 1 is 1.23 bits per heavy atom. The number of esters is 1. The highest BCUT2D eigenvalue weighted by Gasteiger charge is 2.18. The molecule has 1 aliphatic heterocycles. The van der Waals surface area contributed by atoms with Gasteiger partial charge in [-0.2, -0.15) is 4.98 Å². The first-order valence-electron chi connectivity index (χ1n) is 8.51. The van der Waals surface area contributed by atoms with Gasteiger partial charge in [0.15, 0.2) is 0 Å². The summed E-state index contributed by atoms with van der Waals surface area (Å²) < 4.78 is 5.09. The minimum atomic E-state index is -0.380. The predicted octanol–water partition coefficient (Wildman–Crippen LogP) is 1.68. The molecule has 8 heteroatoms. The van der Waals surface area contributed by atoms with E-state index in [-0.39, 0.29) is 5.97 Å². The molecule has 2 aromatic rings. The molecule has 136 valence electrons. The van der Waals surface area contributed by atoms with E-state index in [2.05, 4.69) is 15.3 Å². The Hall–Kier alpha value is -3.16. The highest BCUT2D eigenvalue weighted by atomic mass is 16.5. The van der Waals surface area contributed by atoms with Crippen molar-refractivity contribution in [2.24, 2.45) is 0 Å². The number of anilines is 3. The standard InChI is InChI=1S/C18H21N5O3/c1-2-26-17(25)14-5-3-4-6-15(14)20-16-7-8-19-18(21-16)23-11-9-22(13-24)10-12-23/h3-8,13H,2,9-12H2,1H3,(H,19,20,21). The van der Waals surface area contributed by atoms with Crippen LogP contribution in [0.25, 0.3) is 0 Å². The summed E-state index contributed by atoms with van der Waals surface area (Å²) in [6.07, 6.45) is 2.53. The van der Waals surface area contributed by atoms with Crippen LogP contribution in [-0.2, 0) is 9.53 Å². The molecular formula is C18H21N5O3. The fourth-order valence-electron chi connectivity index (χ4n) is 2.71. The first-order chi connectivity index (χ1) is 12.7. The van der Waals surface area contributed by atoms with Crippen molar-refractivity contribution in [2.75, 3.05) is 43.0 Å². The van der Waals surface area contributed by atoms with Gasteiger partial charge in [-0.25, -0.2) is 9.78 Å². The molecule has 1 N–H and O–H groups in total. The van der Waals surface area contributed by atoms with E-state index in [9.17, 15) is 9.59 Å². The predicted molar refractivity (Wildman–Crippen MR) is 97.6 cm³/mol. The van der Waals surface area contributed by atoms with E-state index in [1.807, 2.05) is 11.0 Å². The third-order valence-electron chi connectivity index (χ3n) is 4.07. The van der Waals surface area contributed by atoms with Crippen molar-refractivity contribution in [1.82, 2.24) is 14.9 Å². The lowest BCUT2D eigenvalue weighted by atomic mass is 10.2. The molecule has 2 heterocycles. The molecular weight excluding hydrogens is 334 g/mol. The van der Waals surface area contributed by atoms with E-state index in [4.69, 9.17) is 4.74 Å². The molecule has 1 fully saturated rings. The first kappa shape index (κ1) is 17.7. The summed E-state index contributed by atoms with van der Waals surface area (Å²) in [5.41, 5.74) is 1.08. The Morgan fingerprint density at radius 2 is 2.00 bits per heavy atom. The average Bonchev–Trinajstić information content (AvgIpc) is 2.69. The van der Waals surface area contributed by atoms with E-state index in [1.165, 1.54) is 0 Å². The summed E-state index contributed by atoms with van der Waals surface area (Å²) >= 11 is 0. The van der Waals surface area contributed by atoms with Gasteiger partial charge < -0.3 is 19.9 Å². The number of nitrogens with one attached hydrogen (secondary N) is 1. The van der Waals surface area contributed by atoms with Crippen LogP contribution in [0.15, 0.2) is 36.5 Å². The third-order valence-corrected chi connectivity index (χ3v) is 4.07. The largest absolute Gasteiger partial charge is 0.462 e. The van der Waals surface area contributed by atoms with Crippen molar-refractivity contribution >= 4 is 29.8 Å². The molecule has 0 spiro atoms. The van der Waals surface area contributed by atoms with Crippen molar-refractivity contribution in [3.63, 3.8) is 0 Å². The molecule has 8 nitrogen and oxygen atoms in total. The van der Waals surface area contributed by atoms with Gasteiger partial charge in [0, 0.05) is 32.4 Å². The smallest absolute Gasteiger partial charge is 0.340 e. The SMILES string of the molecule is CCOC(=O)c1ccccc1Nc1ccnc(N2CCN(C=O)CC2)n1. The van der Waals surface area contributed by atoms with E-state index >= 15 is 0 Å². The highest BCUT2D eigenvalue weighted by Crippen LogP contribution is 2.22. The van der Waals surface area contributed by atoms with Gasteiger partial charge in [0.25, 0.3) is 0 Å². The molecule has 0 radical (unpaired) electrons. The summed E-state index contributed by atoms with van der Waals surface area (Å²) in [5.74, 6) is 0.800. The van der Waals surface area contributed by atoms with E-state index in [0.29, 0.717) is 55.8 Å². The van der Waals surface area contributed by atoms with Crippen LogP contribution in [0, 0.1) is 0 Å². The third kappa shape index (κ3) is 4.08. The zero-order chi connectivity index (χ0) is 18.4. The van der Waals surface area contributed by atoms with Crippen molar-refractivity contribution in [3.05, 3.63) is 42.1 Å². The number of carbonyl (C=O) groups is 2. The summed E-state index contributed by atoms with van der Waals surface area (Å²) in [6, 6.07) is 8.88. The van der Waals surface area contributed by atoms with Crippen molar-refractivity contribution < 1.29 is 14.3 Å². The maximum Gasteiger partial charge on any atom is 0.340 e. The fraction of sp³-hybridized carbons (Fsp3) is 0.333. The Balaban J connectivity index is 1.76. The number of hydrogen-bond acceptors (Lipinski definition) is 7. The van der Waals surface area contributed by atoms with Gasteiger partial charge in [-0.3, -0.25) is 4.79 Å². The number of aromatic nitrogens is 2. The lowest BCUT2D eigenvalue weighted by molar-refractivity contribution is -0.118. The first-order valence-corrected chi connectivity index (χ1v) is 8.51. The molecule has 1 aliphatic rings. The van der Waals surface area contributed by atoms with Crippen LogP contribution in [0.5, 0.6) is 0 Å². The molecule has 1 aromatic heterocycles. The second-order valence-corrected chi connectivity index (χ2v) is 5.76. The molecule has 3 rings (SSSR count). The summed E-state index contributed by atoms with van der Waals surface area (Å²) in [4.78, 5) is 35.5. The second kappa shape index (κ2) is 8.28. The van der Waals surface area contributed by atoms with Gasteiger partial charge in [-0.1, -0.05) is 12.1 Å². The summed E-state index contributed by atoms with van der Waals surface area (Å²) in [6.45, 7) is 4.75. The Kier molecular flexibility index (Phi) is 5.62. The van der Waals surface area contributed by atoms with Gasteiger partial charge >= 0.3 is 5.97 Å². The second-order valence-electron chi connectivity index (χ2n) is 5.76. The van der Waals surface area contributed by atoms with Crippen molar-refractivity contribution in [3.8, 4) is 0 Å². The van der Waals surface area contributed by atoms with E-state index < -0.39 is 0 Å². The topological polar surface area (TPSA) is 87.7 Å². The number of carbonyl (C=O) groups excluding carboxylic acids is 2. The molecule has 0 atom stereocenters. The number of amides is 1. The van der Waals surface area contributed by atoms with Crippen LogP contribution in [0.4, 0.5) is 17.5 Å². The molecule has 1 aromatic carbocycles. The number of nitrogens with zero attached hydrogens (tertiary/aromatic N) is 4. The van der Waals surface area contributed by atoms with Crippen LogP contribution in [0.1, 0.15) is 17.3 Å². The number of hydrogen-bond donors (Lipinski definition) is 1. The number of benzene rings is 1. The lowest BCUT2D eigenvalue weighted by Crippen LogP contribution is -2.46. The molecule has 0 unspecified atom stereocenters. The van der Waals surface area contributed by atoms with Crippen LogP contribution in [0.2, 0.25) is 0 Å². The molecule has 1 amide bonds. The van der Waals surface area contributed by atoms with Gasteiger partial charge in [0.1, 0.15) is 5.82 Å². The van der Waals surface area contributed by atoms with E-state index in [0.717, 1.165) is 6.41 Å². The summed E-state index contributed by atoms with van der Waals surface area (Å²) in [5, 5.41) is 3.17. The molecule has 0 saturated carbocycles. The molecule has 1 saturated heterocycles. The quantitative estimate of drug-likeness (QED) is 0.623. The Bertz CT molecular complexity index is 775. The normalized spacial score (nSPS) is 14.0. The van der Waals surface area contributed by atoms with E-state index in [1.54, 1.807) is 42.3 Å². The van der Waals surface area contributed by atoms with Gasteiger partial charge in [0.2, 0.25) is 12.4 Å². The van der Waals surface area contributed by atoms with Crippen molar-refractivity contribution in [2.45, 2.75) is 6.92 Å².